The molecule has 80 valence electrons. The molecule has 15 heavy (non-hydrogen) atoms. The van der Waals surface area contributed by atoms with Crippen LogP contribution in [0.3, 0.4) is 0 Å². The van der Waals surface area contributed by atoms with Gasteiger partial charge in [-0.15, -0.1) is 0 Å². The fourth-order valence-corrected chi connectivity index (χ4v) is 1.23. The third-order valence-electron chi connectivity index (χ3n) is 1.40. The minimum Gasteiger partial charge on any atom is -0.370 e. The normalized spacial score (nSPS) is 9.47. The summed E-state index contributed by atoms with van der Waals surface area (Å²) in [5, 5.41) is 2.93. The number of hydrogen-bond donors (Lipinski definition) is 3. The Bertz CT molecular complexity index is 417. The Morgan fingerprint density at radius 3 is 2.73 bits per heavy atom. The van der Waals surface area contributed by atoms with E-state index < -0.39 is 5.82 Å². The first-order chi connectivity index (χ1) is 6.99. The minimum absolute atomic E-state index is 0.0162. The van der Waals surface area contributed by atoms with E-state index in [0.29, 0.717) is 10.7 Å². The number of nitrogens with zero attached hydrogens (tertiary/aromatic N) is 1. The van der Waals surface area contributed by atoms with Gasteiger partial charge in [0.05, 0.1) is 10.7 Å². The van der Waals surface area contributed by atoms with Crippen LogP contribution in [-0.4, -0.2) is 11.1 Å². The van der Waals surface area contributed by atoms with Crippen molar-refractivity contribution in [3.8, 4) is 0 Å². The molecular weight excluding hydrogens is 239 g/mol. The molecule has 0 aromatic heterocycles. The SMILES string of the molecule is NC(N)=NC(=S)Nc1cc(F)ccc1Cl. The molecule has 0 unspecified atom stereocenters. The molecule has 0 saturated carbocycles. The van der Waals surface area contributed by atoms with E-state index >= 15 is 0 Å². The van der Waals surface area contributed by atoms with Crippen LogP contribution in [0.15, 0.2) is 23.2 Å². The van der Waals surface area contributed by atoms with Gasteiger partial charge >= 0.3 is 0 Å². The zero-order valence-corrected chi connectivity index (χ0v) is 9.07. The molecule has 1 rings (SSSR count). The molecule has 0 spiro atoms. The number of hydrogen-bond acceptors (Lipinski definition) is 1. The molecule has 0 saturated heterocycles. The van der Waals surface area contributed by atoms with Crippen LogP contribution in [-0.2, 0) is 0 Å². The molecule has 0 fully saturated rings. The van der Waals surface area contributed by atoms with Crippen molar-refractivity contribution in [2.24, 2.45) is 16.5 Å². The Hall–Kier alpha value is -1.40. The summed E-state index contributed by atoms with van der Waals surface area (Å²) in [5.41, 5.74) is 10.5. The van der Waals surface area contributed by atoms with Gasteiger partial charge in [0.2, 0.25) is 5.11 Å². The van der Waals surface area contributed by atoms with Crippen LogP contribution in [0.2, 0.25) is 5.02 Å². The van der Waals surface area contributed by atoms with Crippen molar-refractivity contribution in [1.82, 2.24) is 0 Å². The van der Waals surface area contributed by atoms with Gasteiger partial charge in [-0.1, -0.05) is 11.6 Å². The van der Waals surface area contributed by atoms with E-state index in [9.17, 15) is 4.39 Å². The maximum atomic E-state index is 12.8. The van der Waals surface area contributed by atoms with Crippen LogP contribution < -0.4 is 16.8 Å². The van der Waals surface area contributed by atoms with Gasteiger partial charge < -0.3 is 16.8 Å². The lowest BCUT2D eigenvalue weighted by Gasteiger charge is -2.06. The largest absolute Gasteiger partial charge is 0.370 e. The average Bonchev–Trinajstić information content (AvgIpc) is 2.10. The Balaban J connectivity index is 2.85. The lowest BCUT2D eigenvalue weighted by molar-refractivity contribution is 0.628. The molecule has 0 radical (unpaired) electrons. The van der Waals surface area contributed by atoms with Crippen LogP contribution >= 0.6 is 23.8 Å². The Labute approximate surface area is 96.1 Å². The predicted octanol–water partition coefficient (Wildman–Crippen LogP) is 1.45. The lowest BCUT2D eigenvalue weighted by Crippen LogP contribution is -2.25. The van der Waals surface area contributed by atoms with Crippen LogP contribution in [0.1, 0.15) is 0 Å². The Morgan fingerprint density at radius 1 is 1.47 bits per heavy atom. The minimum atomic E-state index is -0.436. The van der Waals surface area contributed by atoms with Crippen molar-refractivity contribution in [1.29, 1.82) is 0 Å². The van der Waals surface area contributed by atoms with Gasteiger partial charge in [0.15, 0.2) is 5.96 Å². The molecular formula is C8H8ClFN4S. The van der Waals surface area contributed by atoms with Crippen molar-refractivity contribution in [2.75, 3.05) is 5.32 Å². The summed E-state index contributed by atoms with van der Waals surface area (Å²) in [5.74, 6) is -0.616. The second kappa shape index (κ2) is 4.90. The first-order valence-electron chi connectivity index (χ1n) is 3.84. The number of halogens is 2. The fraction of sp³-hybridized carbons (Fsp3) is 0. The van der Waals surface area contributed by atoms with Crippen molar-refractivity contribution in [3.05, 3.63) is 29.0 Å². The third kappa shape index (κ3) is 3.69. The molecule has 0 amide bonds. The topological polar surface area (TPSA) is 76.4 Å². The number of anilines is 1. The van der Waals surface area contributed by atoms with Crippen LogP contribution in [0, 0.1) is 5.82 Å². The molecule has 1 aromatic carbocycles. The highest BCUT2D eigenvalue weighted by Crippen LogP contribution is 2.22. The molecule has 0 aliphatic carbocycles. The standard InChI is InChI=1S/C8H8ClFN4S/c9-5-2-1-4(10)3-6(5)13-8(15)14-7(11)12/h1-3H,(H5,11,12,13,14,15). The van der Waals surface area contributed by atoms with Gasteiger partial charge in [-0.25, -0.2) is 4.39 Å². The van der Waals surface area contributed by atoms with E-state index in [4.69, 9.17) is 35.3 Å². The molecule has 0 aliphatic heterocycles. The second-order valence-corrected chi connectivity index (χ2v) is 3.38. The highest BCUT2D eigenvalue weighted by atomic mass is 35.5. The highest BCUT2D eigenvalue weighted by Gasteiger charge is 2.03. The van der Waals surface area contributed by atoms with E-state index in [0.717, 1.165) is 0 Å². The van der Waals surface area contributed by atoms with Crippen LogP contribution in [0.5, 0.6) is 0 Å². The molecule has 1 aromatic rings. The van der Waals surface area contributed by atoms with Gasteiger partial charge in [0, 0.05) is 0 Å². The maximum Gasteiger partial charge on any atom is 0.200 e. The maximum absolute atomic E-state index is 12.8. The van der Waals surface area contributed by atoms with Crippen molar-refractivity contribution < 1.29 is 4.39 Å². The number of nitrogens with two attached hydrogens (primary N) is 2. The third-order valence-corrected chi connectivity index (χ3v) is 1.92. The van der Waals surface area contributed by atoms with Crippen LogP contribution in [0.25, 0.3) is 0 Å². The fourth-order valence-electron chi connectivity index (χ4n) is 0.854. The first-order valence-corrected chi connectivity index (χ1v) is 4.63. The average molecular weight is 247 g/mol. The summed E-state index contributed by atoms with van der Waals surface area (Å²) in [6.07, 6.45) is 0. The molecule has 0 atom stereocenters. The van der Waals surface area contributed by atoms with Gasteiger partial charge in [-0.2, -0.15) is 4.99 Å². The zero-order valence-electron chi connectivity index (χ0n) is 7.50. The van der Waals surface area contributed by atoms with E-state index in [1.165, 1.54) is 18.2 Å². The predicted molar refractivity (Wildman–Crippen MR) is 63.4 cm³/mol. The number of rotatable bonds is 1. The number of aliphatic imine (C=N–C) groups is 1. The van der Waals surface area contributed by atoms with E-state index in [-0.39, 0.29) is 11.1 Å². The lowest BCUT2D eigenvalue weighted by atomic mass is 10.3. The Morgan fingerprint density at radius 2 is 2.13 bits per heavy atom. The van der Waals surface area contributed by atoms with Crippen LogP contribution in [0.4, 0.5) is 10.1 Å². The molecule has 0 aliphatic rings. The summed E-state index contributed by atoms with van der Waals surface area (Å²) in [6.45, 7) is 0. The van der Waals surface area contributed by atoms with Crippen molar-refractivity contribution >= 4 is 40.6 Å². The monoisotopic (exact) mass is 246 g/mol. The summed E-state index contributed by atoms with van der Waals surface area (Å²) in [4.78, 5) is 3.55. The van der Waals surface area contributed by atoms with Gasteiger partial charge in [0.25, 0.3) is 0 Å². The number of guanidine groups is 1. The highest BCUT2D eigenvalue weighted by molar-refractivity contribution is 7.80. The number of nitrogens with one attached hydrogen (secondary N) is 1. The Kier molecular flexibility index (Phi) is 3.81. The molecule has 0 heterocycles. The van der Waals surface area contributed by atoms with Gasteiger partial charge in [-0.3, -0.25) is 0 Å². The second-order valence-electron chi connectivity index (χ2n) is 2.59. The molecule has 5 N–H and O–H groups in total. The number of thiocarbonyl (C=S) groups is 1. The summed E-state index contributed by atoms with van der Waals surface area (Å²) >= 11 is 10.6. The molecule has 7 heteroatoms. The quantitative estimate of drug-likeness (QED) is 0.398. The van der Waals surface area contributed by atoms with E-state index in [1.54, 1.807) is 0 Å². The smallest absolute Gasteiger partial charge is 0.200 e. The first kappa shape index (κ1) is 11.7. The summed E-state index contributed by atoms with van der Waals surface area (Å²) in [6, 6.07) is 3.82. The summed E-state index contributed by atoms with van der Waals surface area (Å²) < 4.78 is 12.8. The van der Waals surface area contributed by atoms with Gasteiger partial charge in [-0.05, 0) is 30.4 Å². The summed E-state index contributed by atoms with van der Waals surface area (Å²) in [7, 11) is 0. The number of benzene rings is 1. The zero-order chi connectivity index (χ0) is 11.4. The molecule has 4 nitrogen and oxygen atoms in total. The van der Waals surface area contributed by atoms with E-state index in [2.05, 4.69) is 10.3 Å². The van der Waals surface area contributed by atoms with Gasteiger partial charge in [0.1, 0.15) is 5.82 Å². The molecule has 0 bridgehead atoms. The van der Waals surface area contributed by atoms with Crippen molar-refractivity contribution in [3.63, 3.8) is 0 Å². The van der Waals surface area contributed by atoms with E-state index in [1.807, 2.05) is 0 Å². The van der Waals surface area contributed by atoms with Crippen molar-refractivity contribution in [2.45, 2.75) is 0 Å².